The SMILES string of the molecule is Cn1c2c(c(=O)[nH]c1=O)CCCCCCC2. The highest BCUT2D eigenvalue weighted by Crippen LogP contribution is 2.15. The highest BCUT2D eigenvalue weighted by molar-refractivity contribution is 5.18. The lowest BCUT2D eigenvalue weighted by molar-refractivity contribution is 0.622. The van der Waals surface area contributed by atoms with Gasteiger partial charge < -0.3 is 4.57 Å². The van der Waals surface area contributed by atoms with Crippen LogP contribution >= 0.6 is 0 Å². The smallest absolute Gasteiger partial charge is 0.301 e. The predicted molar refractivity (Wildman–Crippen MR) is 62.8 cm³/mol. The lowest BCUT2D eigenvalue weighted by Gasteiger charge is -2.11. The largest absolute Gasteiger partial charge is 0.328 e. The molecule has 0 aliphatic heterocycles. The Morgan fingerprint density at radius 1 is 1.00 bits per heavy atom. The summed E-state index contributed by atoms with van der Waals surface area (Å²) in [5.74, 6) is 0. The van der Waals surface area contributed by atoms with Gasteiger partial charge in [-0.25, -0.2) is 4.79 Å². The Bertz CT molecular complexity index is 485. The van der Waals surface area contributed by atoms with E-state index >= 15 is 0 Å². The van der Waals surface area contributed by atoms with Crippen molar-refractivity contribution in [1.29, 1.82) is 0 Å². The minimum Gasteiger partial charge on any atom is -0.301 e. The molecule has 0 radical (unpaired) electrons. The molecule has 0 amide bonds. The predicted octanol–water partition coefficient (Wildman–Crippen LogP) is 1.12. The zero-order valence-electron chi connectivity index (χ0n) is 9.71. The van der Waals surface area contributed by atoms with Crippen LogP contribution in [-0.4, -0.2) is 9.55 Å². The van der Waals surface area contributed by atoms with E-state index in [0.717, 1.165) is 36.9 Å². The zero-order valence-corrected chi connectivity index (χ0v) is 9.71. The van der Waals surface area contributed by atoms with Gasteiger partial charge in [0.05, 0.1) is 0 Å². The van der Waals surface area contributed by atoms with Crippen LogP contribution in [0.5, 0.6) is 0 Å². The molecule has 1 aromatic heterocycles. The van der Waals surface area contributed by atoms with E-state index in [9.17, 15) is 9.59 Å². The Morgan fingerprint density at radius 2 is 1.62 bits per heavy atom. The summed E-state index contributed by atoms with van der Waals surface area (Å²) >= 11 is 0. The summed E-state index contributed by atoms with van der Waals surface area (Å²) < 4.78 is 1.60. The van der Waals surface area contributed by atoms with Crippen LogP contribution in [-0.2, 0) is 19.9 Å². The van der Waals surface area contributed by atoms with Crippen LogP contribution in [0.25, 0.3) is 0 Å². The minimum absolute atomic E-state index is 0.181. The van der Waals surface area contributed by atoms with Crippen LogP contribution in [0.4, 0.5) is 0 Å². The van der Waals surface area contributed by atoms with Crippen molar-refractivity contribution >= 4 is 0 Å². The van der Waals surface area contributed by atoms with Crippen molar-refractivity contribution in [2.45, 2.75) is 44.9 Å². The summed E-state index contributed by atoms with van der Waals surface area (Å²) in [6.45, 7) is 0. The van der Waals surface area contributed by atoms with Gasteiger partial charge in [-0.1, -0.05) is 19.3 Å². The summed E-state index contributed by atoms with van der Waals surface area (Å²) in [5.41, 5.74) is 1.29. The van der Waals surface area contributed by atoms with Gasteiger partial charge in [0.15, 0.2) is 0 Å². The van der Waals surface area contributed by atoms with Crippen molar-refractivity contribution in [2.24, 2.45) is 7.05 Å². The van der Waals surface area contributed by atoms with E-state index in [-0.39, 0.29) is 11.2 Å². The number of rotatable bonds is 0. The molecule has 4 nitrogen and oxygen atoms in total. The van der Waals surface area contributed by atoms with Gasteiger partial charge in [-0.05, 0) is 25.7 Å². The zero-order chi connectivity index (χ0) is 11.5. The normalized spacial score (nSPS) is 17.1. The Labute approximate surface area is 94.3 Å². The second-order valence-corrected chi connectivity index (χ2v) is 4.51. The number of hydrogen-bond acceptors (Lipinski definition) is 2. The number of aromatic nitrogens is 2. The topological polar surface area (TPSA) is 54.9 Å². The van der Waals surface area contributed by atoms with E-state index in [1.54, 1.807) is 11.6 Å². The third-order valence-electron chi connectivity index (χ3n) is 3.39. The molecule has 0 fully saturated rings. The van der Waals surface area contributed by atoms with Gasteiger partial charge in [-0.15, -0.1) is 0 Å². The molecule has 1 N–H and O–H groups in total. The third kappa shape index (κ3) is 2.10. The van der Waals surface area contributed by atoms with Crippen LogP contribution in [0.15, 0.2) is 9.59 Å². The van der Waals surface area contributed by atoms with Crippen molar-refractivity contribution < 1.29 is 0 Å². The Morgan fingerprint density at radius 3 is 2.38 bits per heavy atom. The fourth-order valence-electron chi connectivity index (χ4n) is 2.41. The Hall–Kier alpha value is -1.32. The van der Waals surface area contributed by atoms with Crippen molar-refractivity contribution in [1.82, 2.24) is 9.55 Å². The van der Waals surface area contributed by atoms with E-state index in [1.807, 2.05) is 0 Å². The molecule has 4 heteroatoms. The summed E-state index contributed by atoms with van der Waals surface area (Å²) in [7, 11) is 1.75. The van der Waals surface area contributed by atoms with Gasteiger partial charge >= 0.3 is 5.69 Å². The molecule has 1 aliphatic carbocycles. The van der Waals surface area contributed by atoms with Crippen LogP contribution in [0.3, 0.4) is 0 Å². The van der Waals surface area contributed by atoms with Gasteiger partial charge in [0.1, 0.15) is 0 Å². The average Bonchev–Trinajstić information content (AvgIpc) is 2.37. The molecular formula is C12H18N2O2. The molecule has 0 bridgehead atoms. The number of H-pyrrole nitrogens is 1. The number of fused-ring (bicyclic) bond motifs is 1. The quantitative estimate of drug-likeness (QED) is 0.715. The molecule has 88 valence electrons. The summed E-state index contributed by atoms with van der Waals surface area (Å²) in [4.78, 5) is 25.6. The molecule has 2 rings (SSSR count). The van der Waals surface area contributed by atoms with Crippen molar-refractivity contribution in [3.63, 3.8) is 0 Å². The monoisotopic (exact) mass is 222 g/mol. The van der Waals surface area contributed by atoms with Crippen molar-refractivity contribution in [2.75, 3.05) is 0 Å². The number of nitrogens with zero attached hydrogens (tertiary/aromatic N) is 1. The average molecular weight is 222 g/mol. The maximum absolute atomic E-state index is 11.7. The van der Waals surface area contributed by atoms with E-state index in [0.29, 0.717) is 0 Å². The maximum atomic E-state index is 11.7. The summed E-state index contributed by atoms with van der Waals surface area (Å²) in [6.07, 6.45) is 7.39. The highest BCUT2D eigenvalue weighted by atomic mass is 16.2. The van der Waals surface area contributed by atoms with Crippen LogP contribution in [0, 0.1) is 0 Å². The van der Waals surface area contributed by atoms with Crippen LogP contribution in [0.1, 0.15) is 43.4 Å². The van der Waals surface area contributed by atoms with E-state index in [1.165, 1.54) is 19.3 Å². The van der Waals surface area contributed by atoms with Crippen molar-refractivity contribution in [3.8, 4) is 0 Å². The minimum atomic E-state index is -0.289. The van der Waals surface area contributed by atoms with E-state index in [2.05, 4.69) is 4.98 Å². The molecule has 1 aromatic rings. The van der Waals surface area contributed by atoms with E-state index in [4.69, 9.17) is 0 Å². The molecule has 16 heavy (non-hydrogen) atoms. The van der Waals surface area contributed by atoms with Gasteiger partial charge in [-0.2, -0.15) is 0 Å². The first kappa shape index (κ1) is 11.2. The Kier molecular flexibility index (Phi) is 3.27. The highest BCUT2D eigenvalue weighted by Gasteiger charge is 2.13. The number of nitrogens with one attached hydrogen (secondary N) is 1. The molecule has 1 aliphatic rings. The third-order valence-corrected chi connectivity index (χ3v) is 3.39. The van der Waals surface area contributed by atoms with Gasteiger partial charge in [0, 0.05) is 18.3 Å². The first-order valence-electron chi connectivity index (χ1n) is 6.01. The van der Waals surface area contributed by atoms with Crippen LogP contribution in [0.2, 0.25) is 0 Å². The fraction of sp³-hybridized carbons (Fsp3) is 0.667. The molecule has 0 saturated heterocycles. The van der Waals surface area contributed by atoms with E-state index < -0.39 is 0 Å². The second-order valence-electron chi connectivity index (χ2n) is 4.51. The maximum Gasteiger partial charge on any atom is 0.328 e. The van der Waals surface area contributed by atoms with Gasteiger partial charge in [0.25, 0.3) is 5.56 Å². The van der Waals surface area contributed by atoms with Gasteiger partial charge in [-0.3, -0.25) is 9.78 Å². The fourth-order valence-corrected chi connectivity index (χ4v) is 2.41. The number of hydrogen-bond donors (Lipinski definition) is 1. The second kappa shape index (κ2) is 4.68. The standard InChI is InChI=1S/C12H18N2O2/c1-14-10-8-6-4-2-3-5-7-9(10)11(15)13-12(14)16/h2-8H2,1H3,(H,13,15,16). The molecule has 0 unspecified atom stereocenters. The lowest BCUT2D eigenvalue weighted by atomic mass is 10.1. The molecular weight excluding hydrogens is 204 g/mol. The lowest BCUT2D eigenvalue weighted by Crippen LogP contribution is -2.34. The van der Waals surface area contributed by atoms with Crippen LogP contribution < -0.4 is 11.2 Å². The number of aromatic amines is 1. The summed E-state index contributed by atoms with van der Waals surface area (Å²) in [6, 6.07) is 0. The molecule has 1 heterocycles. The molecule has 0 aromatic carbocycles. The summed E-state index contributed by atoms with van der Waals surface area (Å²) in [5, 5.41) is 0. The first-order chi connectivity index (χ1) is 7.70. The molecule has 0 atom stereocenters. The van der Waals surface area contributed by atoms with Gasteiger partial charge in [0.2, 0.25) is 0 Å². The molecule has 0 spiro atoms. The first-order valence-corrected chi connectivity index (χ1v) is 6.01. The molecule has 0 saturated carbocycles. The Balaban J connectivity index is 2.52. The van der Waals surface area contributed by atoms with Crippen molar-refractivity contribution in [3.05, 3.63) is 32.1 Å².